The molecule has 0 bridgehead atoms. The second kappa shape index (κ2) is 65.8. The van der Waals surface area contributed by atoms with Gasteiger partial charge < -0.3 is 14.2 Å². The van der Waals surface area contributed by atoms with E-state index in [1.807, 2.05) is 12.2 Å². The Balaban J connectivity index is 4.32. The molecule has 79 heavy (non-hydrogen) atoms. The molecule has 6 nitrogen and oxygen atoms in total. The zero-order chi connectivity index (χ0) is 57.1. The molecule has 0 aliphatic rings. The normalized spacial score (nSPS) is 13.1. The van der Waals surface area contributed by atoms with Crippen molar-refractivity contribution >= 4 is 17.9 Å². The third-order valence-electron chi connectivity index (χ3n) is 13.3. The number of hydrogen-bond acceptors (Lipinski definition) is 6. The van der Waals surface area contributed by atoms with Gasteiger partial charge in [0, 0.05) is 19.3 Å². The molecule has 0 saturated carbocycles. The number of ether oxygens (including phenoxy) is 3. The highest BCUT2D eigenvalue weighted by molar-refractivity contribution is 5.71. The summed E-state index contributed by atoms with van der Waals surface area (Å²) in [7, 11) is 0. The Kier molecular flexibility index (Phi) is 61.9. The SMILES string of the molecule is CC/C=C\C/C=C\C/C=C\C/C=C\C/C=C\CCCC(=O)OC(COC(=O)CC/C=C\C/C=C\C/C=C\C/C=C\CC)COC(=O)CCCCCCCCCCCCCCCCCC/C=C\C/C=C\C/C=C\CCCCCCC. The first kappa shape index (κ1) is 74.3. The number of carbonyl (C=O) groups is 3. The Hall–Kier alpha value is -4.71. The van der Waals surface area contributed by atoms with Gasteiger partial charge in [-0.15, -0.1) is 0 Å². The number of carbonyl (C=O) groups excluding carboxylic acids is 3. The van der Waals surface area contributed by atoms with Crippen LogP contribution in [0.25, 0.3) is 0 Å². The average molecular weight is 1090 g/mol. The van der Waals surface area contributed by atoms with E-state index in [1.54, 1.807) is 0 Å². The highest BCUT2D eigenvalue weighted by atomic mass is 16.6. The minimum atomic E-state index is -0.843. The molecule has 1 unspecified atom stereocenters. The van der Waals surface area contributed by atoms with E-state index in [1.165, 1.54) is 128 Å². The van der Waals surface area contributed by atoms with Crippen LogP contribution in [0, 0.1) is 0 Å². The van der Waals surface area contributed by atoms with Crippen molar-refractivity contribution in [1.29, 1.82) is 0 Å². The van der Waals surface area contributed by atoms with Crippen LogP contribution < -0.4 is 0 Å². The summed E-state index contributed by atoms with van der Waals surface area (Å²) >= 11 is 0. The summed E-state index contributed by atoms with van der Waals surface area (Å²) in [4.78, 5) is 38.2. The maximum atomic E-state index is 12.9. The number of allylic oxidation sites excluding steroid dienone is 24. The highest BCUT2D eigenvalue weighted by Gasteiger charge is 2.19. The van der Waals surface area contributed by atoms with Gasteiger partial charge in [0.1, 0.15) is 13.2 Å². The van der Waals surface area contributed by atoms with E-state index in [2.05, 4.69) is 154 Å². The summed E-state index contributed by atoms with van der Waals surface area (Å²) in [6.07, 6.45) is 94.7. The van der Waals surface area contributed by atoms with Crippen LogP contribution in [-0.2, 0) is 28.6 Å². The molecule has 446 valence electrons. The molecule has 0 rings (SSSR count). The molecule has 0 saturated heterocycles. The van der Waals surface area contributed by atoms with E-state index in [0.29, 0.717) is 19.3 Å². The molecule has 0 N–H and O–H groups in total. The fraction of sp³-hybridized carbons (Fsp3) is 0.630. The first-order valence-corrected chi connectivity index (χ1v) is 32.3. The van der Waals surface area contributed by atoms with Gasteiger partial charge in [-0.05, 0) is 122 Å². The van der Waals surface area contributed by atoms with Gasteiger partial charge in [-0.3, -0.25) is 14.4 Å². The lowest BCUT2D eigenvalue weighted by atomic mass is 10.0. The lowest BCUT2D eigenvalue weighted by Crippen LogP contribution is -2.30. The molecule has 0 aliphatic heterocycles. The maximum Gasteiger partial charge on any atom is 0.306 e. The molecule has 0 fully saturated rings. The summed E-state index contributed by atoms with van der Waals surface area (Å²) in [5.74, 6) is -1.07. The highest BCUT2D eigenvalue weighted by Crippen LogP contribution is 2.16. The van der Waals surface area contributed by atoms with Crippen LogP contribution in [0.5, 0.6) is 0 Å². The monoisotopic (exact) mass is 1090 g/mol. The van der Waals surface area contributed by atoms with Crippen molar-refractivity contribution in [3.63, 3.8) is 0 Å². The summed E-state index contributed by atoms with van der Waals surface area (Å²) in [5, 5.41) is 0. The van der Waals surface area contributed by atoms with Gasteiger partial charge in [0.15, 0.2) is 6.10 Å². The Bertz CT molecular complexity index is 1730. The first-order valence-electron chi connectivity index (χ1n) is 32.3. The van der Waals surface area contributed by atoms with Gasteiger partial charge in [-0.25, -0.2) is 0 Å². The fourth-order valence-electron chi connectivity index (χ4n) is 8.56. The molecule has 0 aromatic rings. The van der Waals surface area contributed by atoms with E-state index in [9.17, 15) is 14.4 Å². The van der Waals surface area contributed by atoms with Gasteiger partial charge >= 0.3 is 17.9 Å². The quantitative estimate of drug-likeness (QED) is 0.0261. The predicted octanol–water partition coefficient (Wildman–Crippen LogP) is 22.3. The van der Waals surface area contributed by atoms with E-state index < -0.39 is 6.10 Å². The minimum absolute atomic E-state index is 0.127. The van der Waals surface area contributed by atoms with Gasteiger partial charge in [0.2, 0.25) is 0 Å². The van der Waals surface area contributed by atoms with Gasteiger partial charge in [-0.2, -0.15) is 0 Å². The summed E-state index contributed by atoms with van der Waals surface area (Å²) in [6, 6.07) is 0. The molecule has 0 aromatic heterocycles. The molecule has 1 atom stereocenters. The predicted molar refractivity (Wildman–Crippen MR) is 343 cm³/mol. The fourth-order valence-corrected chi connectivity index (χ4v) is 8.56. The van der Waals surface area contributed by atoms with Crippen molar-refractivity contribution in [2.75, 3.05) is 13.2 Å². The van der Waals surface area contributed by atoms with Gasteiger partial charge in [0.05, 0.1) is 0 Å². The standard InChI is InChI=1S/C73H118O6/c1-4-7-10-13-16-19-22-25-27-29-30-31-32-33-34-35-36-37-38-39-40-41-42-44-45-48-51-54-57-60-63-66-72(75)78-69-70(68-77-71(74)65-62-59-56-53-50-47-24-21-18-15-12-9-6-3)79-73(76)67-64-61-58-55-52-49-46-43-28-26-23-20-17-14-11-8-5-2/h8-9,11-12,17-18,20-22,25-26,28-30,32-33,46-47,49-50,55-56,58-59,70H,4-7,10,13-16,19,23-24,27,31,34-45,48,51-54,57,60-69H2,1-3H3/b11-8-,12-9-,20-17-,21-18-,25-22-,28-26-,30-29-,33-32-,49-46-,50-47-,58-55-,59-56-. The van der Waals surface area contributed by atoms with Crippen LogP contribution in [0.4, 0.5) is 0 Å². The van der Waals surface area contributed by atoms with Crippen LogP contribution in [0.15, 0.2) is 146 Å². The maximum absolute atomic E-state index is 12.9. The Morgan fingerprint density at radius 1 is 0.266 bits per heavy atom. The van der Waals surface area contributed by atoms with Crippen LogP contribution in [-0.4, -0.2) is 37.2 Å². The molecule has 0 aromatic carbocycles. The van der Waals surface area contributed by atoms with Crippen molar-refractivity contribution in [2.45, 2.75) is 284 Å². The zero-order valence-corrected chi connectivity index (χ0v) is 51.1. The molecule has 0 aliphatic carbocycles. The summed E-state index contributed by atoms with van der Waals surface area (Å²) < 4.78 is 16.8. The number of esters is 3. The molecule has 0 spiro atoms. The molecular formula is C73H118O6. The third kappa shape index (κ3) is 64.0. The zero-order valence-electron chi connectivity index (χ0n) is 51.1. The van der Waals surface area contributed by atoms with E-state index in [0.717, 1.165) is 96.3 Å². The summed E-state index contributed by atoms with van der Waals surface area (Å²) in [5.41, 5.74) is 0. The minimum Gasteiger partial charge on any atom is -0.462 e. The largest absolute Gasteiger partial charge is 0.462 e. The van der Waals surface area contributed by atoms with Crippen LogP contribution >= 0.6 is 0 Å². The van der Waals surface area contributed by atoms with Crippen molar-refractivity contribution in [1.82, 2.24) is 0 Å². The molecular weight excluding hydrogens is 973 g/mol. The Labute approximate surface area is 487 Å². The van der Waals surface area contributed by atoms with Crippen LogP contribution in [0.3, 0.4) is 0 Å². The van der Waals surface area contributed by atoms with E-state index >= 15 is 0 Å². The van der Waals surface area contributed by atoms with Crippen molar-refractivity contribution in [2.24, 2.45) is 0 Å². The first-order chi connectivity index (χ1) is 39.0. The van der Waals surface area contributed by atoms with Gasteiger partial charge in [0.25, 0.3) is 0 Å². The van der Waals surface area contributed by atoms with Gasteiger partial charge in [-0.1, -0.05) is 282 Å². The molecule has 0 radical (unpaired) electrons. The topological polar surface area (TPSA) is 78.9 Å². The average Bonchev–Trinajstić information content (AvgIpc) is 3.45. The number of unbranched alkanes of at least 4 members (excludes halogenated alkanes) is 22. The summed E-state index contributed by atoms with van der Waals surface area (Å²) in [6.45, 7) is 6.29. The van der Waals surface area contributed by atoms with Crippen LogP contribution in [0.2, 0.25) is 0 Å². The van der Waals surface area contributed by atoms with Crippen LogP contribution in [0.1, 0.15) is 278 Å². The van der Waals surface area contributed by atoms with Crippen molar-refractivity contribution in [3.8, 4) is 0 Å². The lowest BCUT2D eigenvalue weighted by Gasteiger charge is -2.18. The third-order valence-corrected chi connectivity index (χ3v) is 13.3. The number of hydrogen-bond donors (Lipinski definition) is 0. The molecule has 0 heterocycles. The molecule has 6 heteroatoms. The van der Waals surface area contributed by atoms with E-state index in [-0.39, 0.29) is 44.0 Å². The molecule has 0 amide bonds. The smallest absolute Gasteiger partial charge is 0.306 e. The Morgan fingerprint density at radius 3 is 0.886 bits per heavy atom. The van der Waals surface area contributed by atoms with Crippen molar-refractivity contribution in [3.05, 3.63) is 146 Å². The second-order valence-corrected chi connectivity index (χ2v) is 20.9. The van der Waals surface area contributed by atoms with Crippen molar-refractivity contribution < 1.29 is 28.6 Å². The van der Waals surface area contributed by atoms with E-state index in [4.69, 9.17) is 14.2 Å². The Morgan fingerprint density at radius 2 is 0.532 bits per heavy atom. The number of rotatable bonds is 57. The second-order valence-electron chi connectivity index (χ2n) is 20.9. The lowest BCUT2D eigenvalue weighted by molar-refractivity contribution is -0.166.